The van der Waals surface area contributed by atoms with Crippen LogP contribution in [0.3, 0.4) is 0 Å². The van der Waals surface area contributed by atoms with Crippen LogP contribution < -0.4 is 5.32 Å². The van der Waals surface area contributed by atoms with Gasteiger partial charge in [0.05, 0.1) is 0 Å². The van der Waals surface area contributed by atoms with Gasteiger partial charge in [-0.05, 0) is 44.4 Å². The van der Waals surface area contributed by atoms with E-state index in [4.69, 9.17) is 0 Å². The molecule has 0 radical (unpaired) electrons. The SMILES string of the molecule is CN(Cc1cccnc1)C1CC2CCC(C1)N2. The zero-order chi connectivity index (χ0) is 11.7. The van der Waals surface area contributed by atoms with Gasteiger partial charge in [-0.15, -0.1) is 0 Å². The average molecular weight is 231 g/mol. The molecule has 0 aliphatic carbocycles. The molecule has 2 atom stereocenters. The van der Waals surface area contributed by atoms with Crippen molar-refractivity contribution in [2.75, 3.05) is 7.05 Å². The number of nitrogens with zero attached hydrogens (tertiary/aromatic N) is 2. The van der Waals surface area contributed by atoms with E-state index in [2.05, 4.69) is 28.3 Å². The van der Waals surface area contributed by atoms with Crippen LogP contribution >= 0.6 is 0 Å². The summed E-state index contributed by atoms with van der Waals surface area (Å²) in [4.78, 5) is 6.69. The number of rotatable bonds is 3. The van der Waals surface area contributed by atoms with E-state index in [0.29, 0.717) is 0 Å². The van der Waals surface area contributed by atoms with Crippen LogP contribution in [0.1, 0.15) is 31.2 Å². The maximum absolute atomic E-state index is 4.19. The Balaban J connectivity index is 1.61. The Labute approximate surface area is 103 Å². The Hall–Kier alpha value is -0.930. The Morgan fingerprint density at radius 2 is 2.12 bits per heavy atom. The van der Waals surface area contributed by atoms with Crippen molar-refractivity contribution in [2.24, 2.45) is 0 Å². The van der Waals surface area contributed by atoms with E-state index < -0.39 is 0 Å². The normalized spacial score (nSPS) is 32.0. The summed E-state index contributed by atoms with van der Waals surface area (Å²) in [6.45, 7) is 1.03. The van der Waals surface area contributed by atoms with Crippen LogP contribution in [-0.2, 0) is 6.54 Å². The molecule has 2 saturated heterocycles. The van der Waals surface area contributed by atoms with Gasteiger partial charge >= 0.3 is 0 Å². The Morgan fingerprint density at radius 1 is 1.35 bits per heavy atom. The highest BCUT2D eigenvalue weighted by Crippen LogP contribution is 2.29. The first-order chi connectivity index (χ1) is 8.31. The van der Waals surface area contributed by atoms with Gasteiger partial charge < -0.3 is 5.32 Å². The van der Waals surface area contributed by atoms with Crippen LogP contribution in [0.15, 0.2) is 24.5 Å². The van der Waals surface area contributed by atoms with Crippen molar-refractivity contribution in [1.82, 2.24) is 15.2 Å². The van der Waals surface area contributed by atoms with Crippen LogP contribution in [-0.4, -0.2) is 35.1 Å². The van der Waals surface area contributed by atoms with Crippen molar-refractivity contribution >= 4 is 0 Å². The maximum Gasteiger partial charge on any atom is 0.0312 e. The first-order valence-corrected chi connectivity index (χ1v) is 6.66. The minimum Gasteiger partial charge on any atom is -0.311 e. The summed E-state index contributed by atoms with van der Waals surface area (Å²) < 4.78 is 0. The molecule has 0 saturated carbocycles. The van der Waals surface area contributed by atoms with E-state index in [1.54, 1.807) is 0 Å². The van der Waals surface area contributed by atoms with E-state index in [1.165, 1.54) is 31.2 Å². The minimum atomic E-state index is 0.744. The van der Waals surface area contributed by atoms with Crippen molar-refractivity contribution in [2.45, 2.75) is 50.4 Å². The standard InChI is InChI=1S/C14H21N3/c1-17(10-11-3-2-6-15-9-11)14-7-12-4-5-13(8-14)16-12/h2-3,6,9,12-14,16H,4-5,7-8,10H2,1H3. The quantitative estimate of drug-likeness (QED) is 0.859. The molecule has 1 N–H and O–H groups in total. The fraction of sp³-hybridized carbons (Fsp3) is 0.643. The molecule has 2 unspecified atom stereocenters. The molecule has 0 spiro atoms. The fourth-order valence-corrected chi connectivity index (χ4v) is 3.30. The lowest BCUT2D eigenvalue weighted by molar-refractivity contribution is 0.166. The molecular weight excluding hydrogens is 210 g/mol. The van der Waals surface area contributed by atoms with E-state index in [1.807, 2.05) is 18.5 Å². The Morgan fingerprint density at radius 3 is 2.76 bits per heavy atom. The Kier molecular flexibility index (Phi) is 3.12. The van der Waals surface area contributed by atoms with Gasteiger partial charge in [0.1, 0.15) is 0 Å². The molecular formula is C14H21N3. The minimum absolute atomic E-state index is 0.744. The van der Waals surface area contributed by atoms with Crippen LogP contribution in [0, 0.1) is 0 Å². The average Bonchev–Trinajstić information content (AvgIpc) is 2.69. The third-order valence-electron chi connectivity index (χ3n) is 4.23. The summed E-state index contributed by atoms with van der Waals surface area (Å²) in [6.07, 6.45) is 9.20. The largest absolute Gasteiger partial charge is 0.311 e. The maximum atomic E-state index is 4.19. The summed E-state index contributed by atoms with van der Waals surface area (Å²) in [5.74, 6) is 0. The molecule has 3 heterocycles. The van der Waals surface area contributed by atoms with Crippen molar-refractivity contribution < 1.29 is 0 Å². The first kappa shape index (κ1) is 11.2. The van der Waals surface area contributed by atoms with Gasteiger partial charge in [-0.1, -0.05) is 6.07 Å². The zero-order valence-corrected chi connectivity index (χ0v) is 10.5. The molecule has 2 bridgehead atoms. The molecule has 3 nitrogen and oxygen atoms in total. The van der Waals surface area contributed by atoms with Crippen molar-refractivity contribution in [3.8, 4) is 0 Å². The topological polar surface area (TPSA) is 28.2 Å². The van der Waals surface area contributed by atoms with E-state index in [-0.39, 0.29) is 0 Å². The third kappa shape index (κ3) is 2.50. The van der Waals surface area contributed by atoms with Gasteiger partial charge in [-0.3, -0.25) is 9.88 Å². The summed E-state index contributed by atoms with van der Waals surface area (Å²) in [7, 11) is 2.25. The first-order valence-electron chi connectivity index (χ1n) is 6.66. The van der Waals surface area contributed by atoms with Crippen LogP contribution in [0.4, 0.5) is 0 Å². The van der Waals surface area contributed by atoms with Gasteiger partial charge in [0.25, 0.3) is 0 Å². The number of pyridine rings is 1. The summed E-state index contributed by atoms with van der Waals surface area (Å²) in [5, 5.41) is 3.70. The van der Waals surface area contributed by atoms with Crippen molar-refractivity contribution in [3.63, 3.8) is 0 Å². The summed E-state index contributed by atoms with van der Waals surface area (Å²) >= 11 is 0. The third-order valence-corrected chi connectivity index (χ3v) is 4.23. The summed E-state index contributed by atoms with van der Waals surface area (Å²) in [6, 6.07) is 6.48. The van der Waals surface area contributed by atoms with Crippen LogP contribution in [0.2, 0.25) is 0 Å². The molecule has 17 heavy (non-hydrogen) atoms. The lowest BCUT2D eigenvalue weighted by Gasteiger charge is -2.35. The van der Waals surface area contributed by atoms with Crippen LogP contribution in [0.25, 0.3) is 0 Å². The molecule has 3 rings (SSSR count). The molecule has 0 aromatic carbocycles. The second kappa shape index (κ2) is 4.75. The second-order valence-electron chi connectivity index (χ2n) is 5.54. The highest BCUT2D eigenvalue weighted by Gasteiger charge is 2.34. The molecule has 2 fully saturated rings. The molecule has 1 aromatic rings. The highest BCUT2D eigenvalue weighted by atomic mass is 15.2. The van der Waals surface area contributed by atoms with Crippen molar-refractivity contribution in [3.05, 3.63) is 30.1 Å². The predicted molar refractivity (Wildman–Crippen MR) is 68.7 cm³/mol. The van der Waals surface area contributed by atoms with Gasteiger partial charge in [-0.2, -0.15) is 0 Å². The van der Waals surface area contributed by atoms with Gasteiger partial charge in [0.15, 0.2) is 0 Å². The van der Waals surface area contributed by atoms with E-state index in [0.717, 1.165) is 24.7 Å². The van der Waals surface area contributed by atoms with Crippen LogP contribution in [0.5, 0.6) is 0 Å². The van der Waals surface area contributed by atoms with Gasteiger partial charge in [-0.25, -0.2) is 0 Å². The number of hydrogen-bond donors (Lipinski definition) is 1. The number of hydrogen-bond acceptors (Lipinski definition) is 3. The molecule has 92 valence electrons. The van der Waals surface area contributed by atoms with Crippen molar-refractivity contribution in [1.29, 1.82) is 0 Å². The van der Waals surface area contributed by atoms with E-state index >= 15 is 0 Å². The number of aromatic nitrogens is 1. The smallest absolute Gasteiger partial charge is 0.0312 e. The lowest BCUT2D eigenvalue weighted by atomic mass is 9.98. The fourth-order valence-electron chi connectivity index (χ4n) is 3.30. The molecule has 2 aliphatic heterocycles. The number of nitrogens with one attached hydrogen (secondary N) is 1. The number of piperidine rings is 1. The molecule has 1 aromatic heterocycles. The Bertz CT molecular complexity index is 353. The van der Waals surface area contributed by atoms with Gasteiger partial charge in [0.2, 0.25) is 0 Å². The zero-order valence-electron chi connectivity index (χ0n) is 10.5. The summed E-state index contributed by atoms with van der Waals surface area (Å²) in [5.41, 5.74) is 1.32. The molecule has 0 amide bonds. The van der Waals surface area contributed by atoms with Gasteiger partial charge in [0, 0.05) is 37.1 Å². The molecule has 2 aliphatic rings. The second-order valence-corrected chi connectivity index (χ2v) is 5.54. The lowest BCUT2D eigenvalue weighted by Crippen LogP contribution is -2.46. The molecule has 3 heteroatoms. The predicted octanol–water partition coefficient (Wildman–Crippen LogP) is 1.80. The monoisotopic (exact) mass is 231 g/mol. The number of fused-ring (bicyclic) bond motifs is 2. The highest BCUT2D eigenvalue weighted by molar-refractivity contribution is 5.08. The van der Waals surface area contributed by atoms with E-state index in [9.17, 15) is 0 Å².